The van der Waals surface area contributed by atoms with Gasteiger partial charge in [-0.2, -0.15) is 0 Å². The number of hydrogen-bond acceptors (Lipinski definition) is 3. The van der Waals surface area contributed by atoms with Crippen molar-refractivity contribution >= 4 is 5.91 Å². The van der Waals surface area contributed by atoms with Crippen LogP contribution in [0.2, 0.25) is 0 Å². The molecule has 4 heteroatoms. The minimum absolute atomic E-state index is 0.0182. The Morgan fingerprint density at radius 1 is 1.37 bits per heavy atom. The average Bonchev–Trinajstić information content (AvgIpc) is 2.37. The molecule has 1 fully saturated rings. The van der Waals surface area contributed by atoms with Crippen LogP contribution in [0.5, 0.6) is 0 Å². The summed E-state index contributed by atoms with van der Waals surface area (Å²) in [4.78, 5) is 14.4. The van der Waals surface area contributed by atoms with E-state index in [4.69, 9.17) is 5.73 Å². The van der Waals surface area contributed by atoms with E-state index in [1.165, 1.54) is 38.9 Å². The van der Waals surface area contributed by atoms with Crippen LogP contribution < -0.4 is 11.1 Å². The highest BCUT2D eigenvalue weighted by Crippen LogP contribution is 2.16. The molecule has 1 saturated heterocycles. The summed E-state index contributed by atoms with van der Waals surface area (Å²) in [5.74, 6) is 1.12. The molecule has 1 amide bonds. The largest absolute Gasteiger partial charge is 0.354 e. The number of rotatable bonds is 7. The quantitative estimate of drug-likeness (QED) is 0.738. The first-order chi connectivity index (χ1) is 9.02. The third-order valence-electron chi connectivity index (χ3n) is 3.87. The van der Waals surface area contributed by atoms with Crippen molar-refractivity contribution in [1.82, 2.24) is 10.2 Å². The molecule has 1 aliphatic rings. The van der Waals surface area contributed by atoms with Crippen molar-refractivity contribution in [2.45, 2.75) is 52.5 Å². The molecule has 0 aromatic rings. The van der Waals surface area contributed by atoms with E-state index in [0.717, 1.165) is 13.0 Å². The van der Waals surface area contributed by atoms with Gasteiger partial charge in [0.1, 0.15) is 0 Å². The van der Waals surface area contributed by atoms with Crippen molar-refractivity contribution in [3.8, 4) is 0 Å². The van der Waals surface area contributed by atoms with Crippen molar-refractivity contribution in [3.63, 3.8) is 0 Å². The number of nitrogens with one attached hydrogen (secondary N) is 1. The first-order valence-corrected chi connectivity index (χ1v) is 7.78. The van der Waals surface area contributed by atoms with Gasteiger partial charge in [0.25, 0.3) is 0 Å². The number of nitrogens with zero attached hydrogens (tertiary/aromatic N) is 1. The van der Waals surface area contributed by atoms with Crippen LogP contribution in [0.3, 0.4) is 0 Å². The Kier molecular flexibility index (Phi) is 7.39. The van der Waals surface area contributed by atoms with Gasteiger partial charge in [0, 0.05) is 6.54 Å². The molecule has 0 unspecified atom stereocenters. The molecular formula is C15H31N3O. The molecule has 1 atom stereocenters. The predicted octanol–water partition coefficient (Wildman–Crippen LogP) is 1.60. The second-order valence-corrected chi connectivity index (χ2v) is 6.27. The molecule has 0 bridgehead atoms. The highest BCUT2D eigenvalue weighted by Gasteiger charge is 2.20. The van der Waals surface area contributed by atoms with E-state index in [1.807, 2.05) is 0 Å². The summed E-state index contributed by atoms with van der Waals surface area (Å²) in [5, 5.41) is 3.02. The van der Waals surface area contributed by atoms with E-state index in [0.29, 0.717) is 11.8 Å². The van der Waals surface area contributed by atoms with E-state index in [1.54, 1.807) is 0 Å². The van der Waals surface area contributed by atoms with Crippen LogP contribution in [-0.4, -0.2) is 43.0 Å². The van der Waals surface area contributed by atoms with E-state index in [2.05, 4.69) is 31.0 Å². The standard InChI is InChI=1S/C15H31N3O/c1-4-7-18-8-5-13(6-9-18)11-17-15(19)14(16)10-12(2)3/h12-14H,4-11,16H2,1-3H3,(H,17,19)/t14-/m0/s1. The summed E-state index contributed by atoms with van der Waals surface area (Å²) in [7, 11) is 0. The molecular weight excluding hydrogens is 238 g/mol. The molecule has 1 heterocycles. The van der Waals surface area contributed by atoms with Gasteiger partial charge in [-0.25, -0.2) is 0 Å². The molecule has 4 nitrogen and oxygen atoms in total. The van der Waals surface area contributed by atoms with Crippen LogP contribution in [0, 0.1) is 11.8 Å². The van der Waals surface area contributed by atoms with Crippen LogP contribution in [0.1, 0.15) is 46.5 Å². The second kappa shape index (κ2) is 8.54. The fourth-order valence-electron chi connectivity index (χ4n) is 2.72. The lowest BCUT2D eigenvalue weighted by Gasteiger charge is -2.31. The first kappa shape index (κ1) is 16.4. The maximum Gasteiger partial charge on any atom is 0.236 e. The lowest BCUT2D eigenvalue weighted by Crippen LogP contribution is -2.45. The normalized spacial score (nSPS) is 19.6. The maximum atomic E-state index is 11.8. The van der Waals surface area contributed by atoms with E-state index in [9.17, 15) is 4.79 Å². The molecule has 1 aliphatic heterocycles. The molecule has 3 N–H and O–H groups in total. The maximum absolute atomic E-state index is 11.8. The Hall–Kier alpha value is -0.610. The fraction of sp³-hybridized carbons (Fsp3) is 0.933. The smallest absolute Gasteiger partial charge is 0.236 e. The zero-order valence-electron chi connectivity index (χ0n) is 12.8. The Morgan fingerprint density at radius 2 is 2.00 bits per heavy atom. The third kappa shape index (κ3) is 6.39. The van der Waals surface area contributed by atoms with Crippen molar-refractivity contribution < 1.29 is 4.79 Å². The lowest BCUT2D eigenvalue weighted by molar-refractivity contribution is -0.122. The SMILES string of the molecule is CCCN1CCC(CNC(=O)[C@@H](N)CC(C)C)CC1. The van der Waals surface area contributed by atoms with Gasteiger partial charge in [0.05, 0.1) is 6.04 Å². The third-order valence-corrected chi connectivity index (χ3v) is 3.87. The minimum atomic E-state index is -0.347. The molecule has 1 rings (SSSR count). The van der Waals surface area contributed by atoms with Crippen molar-refractivity contribution in [3.05, 3.63) is 0 Å². The molecule has 0 spiro atoms. The minimum Gasteiger partial charge on any atom is -0.354 e. The van der Waals surface area contributed by atoms with Gasteiger partial charge in [-0.15, -0.1) is 0 Å². The Labute approximate surface area is 118 Å². The second-order valence-electron chi connectivity index (χ2n) is 6.27. The number of carbonyl (C=O) groups excluding carboxylic acids is 1. The number of amides is 1. The van der Waals surface area contributed by atoms with Gasteiger partial charge in [-0.3, -0.25) is 4.79 Å². The molecule has 19 heavy (non-hydrogen) atoms. The molecule has 112 valence electrons. The topological polar surface area (TPSA) is 58.4 Å². The van der Waals surface area contributed by atoms with Crippen LogP contribution in [0.4, 0.5) is 0 Å². The Bertz CT molecular complexity index is 260. The Balaban J connectivity index is 2.18. The summed E-state index contributed by atoms with van der Waals surface area (Å²) in [6, 6.07) is -0.347. The van der Waals surface area contributed by atoms with E-state index < -0.39 is 0 Å². The monoisotopic (exact) mass is 269 g/mol. The zero-order chi connectivity index (χ0) is 14.3. The highest BCUT2D eigenvalue weighted by molar-refractivity contribution is 5.81. The van der Waals surface area contributed by atoms with Gasteiger partial charge < -0.3 is 16.0 Å². The van der Waals surface area contributed by atoms with Crippen molar-refractivity contribution in [1.29, 1.82) is 0 Å². The number of carbonyl (C=O) groups is 1. The van der Waals surface area contributed by atoms with Crippen LogP contribution in [0.25, 0.3) is 0 Å². The van der Waals surface area contributed by atoms with Gasteiger partial charge in [-0.05, 0) is 57.2 Å². The molecule has 0 aliphatic carbocycles. The van der Waals surface area contributed by atoms with Crippen LogP contribution >= 0.6 is 0 Å². The summed E-state index contributed by atoms with van der Waals surface area (Å²) in [6.45, 7) is 10.8. The van der Waals surface area contributed by atoms with Crippen molar-refractivity contribution in [2.75, 3.05) is 26.2 Å². The first-order valence-electron chi connectivity index (χ1n) is 7.78. The summed E-state index contributed by atoms with van der Waals surface area (Å²) in [5.41, 5.74) is 5.88. The van der Waals surface area contributed by atoms with E-state index >= 15 is 0 Å². The number of likely N-dealkylation sites (tertiary alicyclic amines) is 1. The number of piperidine rings is 1. The van der Waals surface area contributed by atoms with Gasteiger partial charge in [0.15, 0.2) is 0 Å². The zero-order valence-corrected chi connectivity index (χ0v) is 12.8. The van der Waals surface area contributed by atoms with E-state index in [-0.39, 0.29) is 11.9 Å². The molecule has 0 radical (unpaired) electrons. The fourth-order valence-corrected chi connectivity index (χ4v) is 2.72. The van der Waals surface area contributed by atoms with Gasteiger partial charge in [-0.1, -0.05) is 20.8 Å². The molecule has 0 saturated carbocycles. The average molecular weight is 269 g/mol. The number of hydrogen-bond donors (Lipinski definition) is 2. The number of nitrogens with two attached hydrogens (primary N) is 1. The summed E-state index contributed by atoms with van der Waals surface area (Å²) in [6.07, 6.45) is 4.38. The van der Waals surface area contributed by atoms with Crippen LogP contribution in [0.15, 0.2) is 0 Å². The van der Waals surface area contributed by atoms with Crippen LogP contribution in [-0.2, 0) is 4.79 Å². The molecule has 0 aromatic heterocycles. The lowest BCUT2D eigenvalue weighted by atomic mass is 9.96. The summed E-state index contributed by atoms with van der Waals surface area (Å²) < 4.78 is 0. The summed E-state index contributed by atoms with van der Waals surface area (Å²) >= 11 is 0. The van der Waals surface area contributed by atoms with Crippen molar-refractivity contribution in [2.24, 2.45) is 17.6 Å². The molecule has 0 aromatic carbocycles. The predicted molar refractivity (Wildman–Crippen MR) is 79.9 cm³/mol. The Morgan fingerprint density at radius 3 is 2.53 bits per heavy atom. The van der Waals surface area contributed by atoms with Gasteiger partial charge >= 0.3 is 0 Å². The highest BCUT2D eigenvalue weighted by atomic mass is 16.2. The van der Waals surface area contributed by atoms with Gasteiger partial charge in [0.2, 0.25) is 5.91 Å².